The zero-order chi connectivity index (χ0) is 18.9. The minimum Gasteiger partial charge on any atom is -0.378 e. The SMILES string of the molecule is Cn1cnc2c(N3CCN(c4nccc(N5CCOCC5)n4)CC3)ncnc21. The van der Waals surface area contributed by atoms with Gasteiger partial charge in [-0.2, -0.15) is 4.98 Å². The maximum Gasteiger partial charge on any atom is 0.227 e. The Hall–Kier alpha value is -3.01. The number of aryl methyl sites for hydroxylation is 1. The molecule has 0 aromatic carbocycles. The number of nitrogens with zero attached hydrogens (tertiary/aromatic N) is 9. The van der Waals surface area contributed by atoms with E-state index in [9.17, 15) is 0 Å². The van der Waals surface area contributed by atoms with Crippen molar-refractivity contribution in [1.82, 2.24) is 29.5 Å². The van der Waals surface area contributed by atoms with Gasteiger partial charge in [-0.3, -0.25) is 0 Å². The molecule has 5 heterocycles. The number of rotatable bonds is 3. The van der Waals surface area contributed by atoms with Crippen LogP contribution in [0.1, 0.15) is 0 Å². The number of ether oxygens (including phenoxy) is 1. The predicted octanol–water partition coefficient (Wildman–Crippen LogP) is 0.317. The van der Waals surface area contributed by atoms with Gasteiger partial charge in [-0.05, 0) is 6.07 Å². The van der Waals surface area contributed by atoms with Gasteiger partial charge >= 0.3 is 0 Å². The summed E-state index contributed by atoms with van der Waals surface area (Å²) in [6.45, 7) is 6.60. The Labute approximate surface area is 162 Å². The third-order valence-corrected chi connectivity index (χ3v) is 5.30. The van der Waals surface area contributed by atoms with Gasteiger partial charge in [0.2, 0.25) is 5.95 Å². The maximum absolute atomic E-state index is 5.44. The molecule has 0 saturated carbocycles. The molecular weight excluding hydrogens is 358 g/mol. The average Bonchev–Trinajstić information content (AvgIpc) is 3.16. The van der Waals surface area contributed by atoms with E-state index in [2.05, 4.69) is 34.6 Å². The first-order chi connectivity index (χ1) is 13.8. The van der Waals surface area contributed by atoms with Crippen LogP contribution in [0.4, 0.5) is 17.6 Å². The molecule has 5 rings (SSSR count). The fourth-order valence-corrected chi connectivity index (χ4v) is 3.74. The molecule has 3 aromatic rings. The van der Waals surface area contributed by atoms with E-state index in [0.29, 0.717) is 0 Å². The Morgan fingerprint density at radius 2 is 1.64 bits per heavy atom. The molecule has 0 atom stereocenters. The predicted molar refractivity (Wildman–Crippen MR) is 106 cm³/mol. The van der Waals surface area contributed by atoms with Crippen molar-refractivity contribution in [3.05, 3.63) is 24.9 Å². The summed E-state index contributed by atoms with van der Waals surface area (Å²) in [6.07, 6.45) is 5.24. The Morgan fingerprint density at radius 1 is 0.857 bits per heavy atom. The molecule has 0 radical (unpaired) electrons. The summed E-state index contributed by atoms with van der Waals surface area (Å²) < 4.78 is 7.35. The highest BCUT2D eigenvalue weighted by molar-refractivity contribution is 5.83. The third-order valence-electron chi connectivity index (χ3n) is 5.30. The largest absolute Gasteiger partial charge is 0.378 e. The quantitative estimate of drug-likeness (QED) is 0.636. The van der Waals surface area contributed by atoms with Crippen LogP contribution in [-0.4, -0.2) is 82.0 Å². The Morgan fingerprint density at radius 3 is 2.46 bits per heavy atom. The van der Waals surface area contributed by atoms with Crippen molar-refractivity contribution in [2.45, 2.75) is 0 Å². The number of hydrogen-bond acceptors (Lipinski definition) is 9. The van der Waals surface area contributed by atoms with Gasteiger partial charge in [0.15, 0.2) is 17.0 Å². The summed E-state index contributed by atoms with van der Waals surface area (Å²) in [5, 5.41) is 0. The summed E-state index contributed by atoms with van der Waals surface area (Å²) >= 11 is 0. The summed E-state index contributed by atoms with van der Waals surface area (Å²) in [6, 6.07) is 1.98. The number of aromatic nitrogens is 6. The second kappa shape index (κ2) is 7.19. The first-order valence-corrected chi connectivity index (χ1v) is 9.57. The molecule has 28 heavy (non-hydrogen) atoms. The van der Waals surface area contributed by atoms with Gasteiger partial charge in [-0.1, -0.05) is 0 Å². The topological polar surface area (TPSA) is 88.3 Å². The van der Waals surface area contributed by atoms with Crippen molar-refractivity contribution in [2.75, 3.05) is 67.2 Å². The monoisotopic (exact) mass is 381 g/mol. The summed E-state index contributed by atoms with van der Waals surface area (Å²) in [4.78, 5) is 29.3. The first-order valence-electron chi connectivity index (χ1n) is 9.57. The molecule has 2 fully saturated rings. The molecule has 0 bridgehead atoms. The zero-order valence-corrected chi connectivity index (χ0v) is 15.9. The minimum absolute atomic E-state index is 0.749. The van der Waals surface area contributed by atoms with Gasteiger partial charge in [-0.25, -0.2) is 19.9 Å². The lowest BCUT2D eigenvalue weighted by molar-refractivity contribution is 0.122. The number of morpholine rings is 1. The van der Waals surface area contributed by atoms with Crippen LogP contribution in [0, 0.1) is 0 Å². The third kappa shape index (κ3) is 3.09. The van der Waals surface area contributed by atoms with Crippen molar-refractivity contribution in [2.24, 2.45) is 7.05 Å². The molecule has 2 aliphatic rings. The number of imidazole rings is 1. The molecule has 3 aromatic heterocycles. The molecule has 0 amide bonds. The first kappa shape index (κ1) is 17.1. The highest BCUT2D eigenvalue weighted by atomic mass is 16.5. The Balaban J connectivity index is 1.30. The van der Waals surface area contributed by atoms with E-state index in [0.717, 1.165) is 81.2 Å². The van der Waals surface area contributed by atoms with Gasteiger partial charge in [0, 0.05) is 52.5 Å². The lowest BCUT2D eigenvalue weighted by Gasteiger charge is -2.35. The van der Waals surface area contributed by atoms with E-state index in [4.69, 9.17) is 9.72 Å². The standard InChI is InChI=1S/C18H23N9O/c1-24-13-22-15-16(24)20-12-21-17(15)26-4-6-27(7-5-26)18-19-3-2-14(23-18)25-8-10-28-11-9-25/h2-3,12-13H,4-11H2,1H3. The summed E-state index contributed by atoms with van der Waals surface area (Å²) in [5.41, 5.74) is 1.71. The van der Waals surface area contributed by atoms with Gasteiger partial charge in [0.1, 0.15) is 12.1 Å². The van der Waals surface area contributed by atoms with Gasteiger partial charge < -0.3 is 24.0 Å². The van der Waals surface area contributed by atoms with Gasteiger partial charge in [0.05, 0.1) is 19.5 Å². The van der Waals surface area contributed by atoms with E-state index in [1.165, 1.54) is 0 Å². The number of anilines is 3. The van der Waals surface area contributed by atoms with Crippen molar-refractivity contribution in [3.63, 3.8) is 0 Å². The molecule has 10 heteroatoms. The molecule has 0 N–H and O–H groups in total. The fourth-order valence-electron chi connectivity index (χ4n) is 3.74. The Bertz CT molecular complexity index is 961. The van der Waals surface area contributed by atoms with Crippen LogP contribution in [0.2, 0.25) is 0 Å². The smallest absolute Gasteiger partial charge is 0.227 e. The van der Waals surface area contributed by atoms with Crippen LogP contribution >= 0.6 is 0 Å². The van der Waals surface area contributed by atoms with Crippen molar-refractivity contribution in [1.29, 1.82) is 0 Å². The van der Waals surface area contributed by atoms with Gasteiger partial charge in [0.25, 0.3) is 0 Å². The van der Waals surface area contributed by atoms with Crippen molar-refractivity contribution in [3.8, 4) is 0 Å². The Kier molecular flexibility index (Phi) is 4.40. The molecule has 0 aliphatic carbocycles. The minimum atomic E-state index is 0.749. The normalized spacial score (nSPS) is 18.1. The number of piperazine rings is 1. The molecule has 2 saturated heterocycles. The van der Waals surface area contributed by atoms with E-state index < -0.39 is 0 Å². The van der Waals surface area contributed by atoms with E-state index in [1.807, 2.05) is 23.9 Å². The molecule has 10 nitrogen and oxygen atoms in total. The van der Waals surface area contributed by atoms with Crippen LogP contribution in [0.25, 0.3) is 11.2 Å². The summed E-state index contributed by atoms with van der Waals surface area (Å²) in [5.74, 6) is 2.66. The second-order valence-corrected chi connectivity index (χ2v) is 7.01. The molecular formula is C18H23N9O. The molecule has 2 aliphatic heterocycles. The zero-order valence-electron chi connectivity index (χ0n) is 15.9. The van der Waals surface area contributed by atoms with Crippen LogP contribution < -0.4 is 14.7 Å². The van der Waals surface area contributed by atoms with Crippen molar-refractivity contribution < 1.29 is 4.74 Å². The highest BCUT2D eigenvalue weighted by Gasteiger charge is 2.23. The van der Waals surface area contributed by atoms with Crippen LogP contribution in [0.5, 0.6) is 0 Å². The number of fused-ring (bicyclic) bond motifs is 1. The van der Waals surface area contributed by atoms with E-state index in [1.54, 1.807) is 12.7 Å². The lowest BCUT2D eigenvalue weighted by Crippen LogP contribution is -2.47. The van der Waals surface area contributed by atoms with Crippen LogP contribution in [-0.2, 0) is 11.8 Å². The molecule has 0 unspecified atom stereocenters. The van der Waals surface area contributed by atoms with Crippen LogP contribution in [0.3, 0.4) is 0 Å². The highest BCUT2D eigenvalue weighted by Crippen LogP contribution is 2.23. The maximum atomic E-state index is 5.44. The van der Waals surface area contributed by atoms with Crippen LogP contribution in [0.15, 0.2) is 24.9 Å². The molecule has 0 spiro atoms. The molecule has 146 valence electrons. The van der Waals surface area contributed by atoms with Crippen molar-refractivity contribution >= 4 is 28.7 Å². The number of hydrogen-bond donors (Lipinski definition) is 0. The van der Waals surface area contributed by atoms with E-state index in [-0.39, 0.29) is 0 Å². The lowest BCUT2D eigenvalue weighted by atomic mass is 10.3. The van der Waals surface area contributed by atoms with E-state index >= 15 is 0 Å². The fraction of sp³-hybridized carbons (Fsp3) is 0.500. The second-order valence-electron chi connectivity index (χ2n) is 7.01. The average molecular weight is 381 g/mol. The van der Waals surface area contributed by atoms with Gasteiger partial charge in [-0.15, -0.1) is 0 Å². The summed E-state index contributed by atoms with van der Waals surface area (Å²) in [7, 11) is 1.95.